The van der Waals surface area contributed by atoms with Gasteiger partial charge in [-0.3, -0.25) is 4.79 Å². The van der Waals surface area contributed by atoms with Crippen LogP contribution in [0.2, 0.25) is 0 Å². The average molecular weight is 498 g/mol. The molecule has 2 N–H and O–H groups in total. The topological polar surface area (TPSA) is 80.0 Å². The van der Waals surface area contributed by atoms with Gasteiger partial charge >= 0.3 is 12.4 Å². The van der Waals surface area contributed by atoms with E-state index in [0.29, 0.717) is 5.56 Å². The van der Waals surface area contributed by atoms with Crippen molar-refractivity contribution in [1.82, 2.24) is 20.1 Å². The molecule has 0 aliphatic heterocycles. The molecule has 1 heterocycles. The molecule has 0 radical (unpaired) electrons. The van der Waals surface area contributed by atoms with E-state index in [4.69, 9.17) is 0 Å². The minimum Gasteiger partial charge on any atom is -0.381 e. The highest BCUT2D eigenvalue weighted by Crippen LogP contribution is 2.33. The van der Waals surface area contributed by atoms with Crippen molar-refractivity contribution >= 4 is 12.0 Å². The van der Waals surface area contributed by atoms with E-state index >= 15 is 0 Å². The van der Waals surface area contributed by atoms with Crippen LogP contribution < -0.4 is 5.32 Å². The van der Waals surface area contributed by atoms with Crippen LogP contribution in [-0.2, 0) is 29.3 Å². The Morgan fingerprint density at radius 2 is 1.49 bits per heavy atom. The number of benzene rings is 2. The van der Waals surface area contributed by atoms with Crippen LogP contribution in [0.3, 0.4) is 0 Å². The van der Waals surface area contributed by atoms with E-state index in [1.54, 1.807) is 0 Å². The third-order valence-electron chi connectivity index (χ3n) is 5.32. The first-order valence-corrected chi connectivity index (χ1v) is 10.2. The Bertz CT molecular complexity index is 1160. The molecular formula is C23H20F6N4O2. The zero-order chi connectivity index (χ0) is 25.9. The lowest BCUT2D eigenvalue weighted by atomic mass is 9.86. The second kappa shape index (κ2) is 9.90. The summed E-state index contributed by atoms with van der Waals surface area (Å²) in [7, 11) is 0. The van der Waals surface area contributed by atoms with Gasteiger partial charge in [-0.2, -0.15) is 31.4 Å². The molecule has 0 fully saturated rings. The molecule has 1 aromatic heterocycles. The number of carbonyl (C=O) groups excluding carboxylic acids is 1. The number of alkyl halides is 6. The summed E-state index contributed by atoms with van der Waals surface area (Å²) < 4.78 is 78.1. The molecule has 3 rings (SSSR count). The second-order valence-corrected chi connectivity index (χ2v) is 7.78. The monoisotopic (exact) mass is 498 g/mol. The highest BCUT2D eigenvalue weighted by atomic mass is 19.4. The predicted octanol–water partition coefficient (Wildman–Crippen LogP) is 4.42. The van der Waals surface area contributed by atoms with Crippen molar-refractivity contribution in [2.45, 2.75) is 37.5 Å². The van der Waals surface area contributed by atoms with Gasteiger partial charge in [-0.15, -0.1) is 0 Å². The lowest BCUT2D eigenvalue weighted by Crippen LogP contribution is -2.51. The molecule has 0 bridgehead atoms. The van der Waals surface area contributed by atoms with Crippen LogP contribution in [0, 0.1) is 0 Å². The molecule has 35 heavy (non-hydrogen) atoms. The average Bonchev–Trinajstić information content (AvgIpc) is 3.29. The quantitative estimate of drug-likeness (QED) is 0.374. The number of carbonyl (C=O) groups is 1. The summed E-state index contributed by atoms with van der Waals surface area (Å²) in [6.45, 7) is 1.22. The number of nitrogens with zero attached hydrogens (tertiary/aromatic N) is 3. The number of amides is 1. The molecule has 3 aromatic rings. The zero-order valence-electron chi connectivity index (χ0n) is 18.2. The summed E-state index contributed by atoms with van der Waals surface area (Å²) in [6.07, 6.45) is -4.18. The SMILES string of the molecule is C[C@@H](NC(=O)C=Cc1ccc(C(F)(F)F)cc1)[C@](O)(Cn1cncn1)c1ccc(C(F)(F)F)cc1. The van der Waals surface area contributed by atoms with Crippen LogP contribution in [0.1, 0.15) is 29.2 Å². The van der Waals surface area contributed by atoms with Gasteiger partial charge in [-0.1, -0.05) is 24.3 Å². The Balaban J connectivity index is 1.79. The Kier molecular flexibility index (Phi) is 7.34. The highest BCUT2D eigenvalue weighted by Gasteiger charge is 2.39. The van der Waals surface area contributed by atoms with E-state index in [9.17, 15) is 36.2 Å². The van der Waals surface area contributed by atoms with Crippen LogP contribution in [0.4, 0.5) is 26.3 Å². The minimum absolute atomic E-state index is 0.0977. The molecule has 0 aliphatic rings. The zero-order valence-corrected chi connectivity index (χ0v) is 18.2. The van der Waals surface area contributed by atoms with E-state index in [0.717, 1.165) is 42.5 Å². The number of hydrogen-bond acceptors (Lipinski definition) is 4. The first-order valence-electron chi connectivity index (χ1n) is 10.2. The molecule has 0 saturated carbocycles. The van der Waals surface area contributed by atoms with Gasteiger partial charge in [-0.05, 0) is 48.4 Å². The number of hydrogen-bond donors (Lipinski definition) is 2. The van der Waals surface area contributed by atoms with E-state index in [1.807, 2.05) is 0 Å². The van der Waals surface area contributed by atoms with Crippen molar-refractivity contribution in [2.24, 2.45) is 0 Å². The molecule has 0 unspecified atom stereocenters. The number of rotatable bonds is 7. The van der Waals surface area contributed by atoms with Gasteiger partial charge in [0.05, 0.1) is 23.7 Å². The van der Waals surface area contributed by atoms with Gasteiger partial charge in [-0.25, -0.2) is 9.67 Å². The highest BCUT2D eigenvalue weighted by molar-refractivity contribution is 5.92. The van der Waals surface area contributed by atoms with Gasteiger partial charge in [0, 0.05) is 6.08 Å². The third kappa shape index (κ3) is 6.47. The largest absolute Gasteiger partial charge is 0.416 e. The van der Waals surface area contributed by atoms with Crippen molar-refractivity contribution in [2.75, 3.05) is 0 Å². The van der Waals surface area contributed by atoms with Crippen molar-refractivity contribution < 1.29 is 36.2 Å². The lowest BCUT2D eigenvalue weighted by Gasteiger charge is -2.35. The number of aliphatic hydroxyl groups is 1. The van der Waals surface area contributed by atoms with Crippen molar-refractivity contribution in [3.8, 4) is 0 Å². The summed E-state index contributed by atoms with van der Waals surface area (Å²) >= 11 is 0. The van der Waals surface area contributed by atoms with Gasteiger partial charge in [0.1, 0.15) is 18.3 Å². The van der Waals surface area contributed by atoms with Crippen LogP contribution >= 0.6 is 0 Å². The molecule has 2 atom stereocenters. The molecular weight excluding hydrogens is 478 g/mol. The lowest BCUT2D eigenvalue weighted by molar-refractivity contribution is -0.138. The predicted molar refractivity (Wildman–Crippen MR) is 113 cm³/mol. The van der Waals surface area contributed by atoms with Crippen LogP contribution in [-0.4, -0.2) is 31.8 Å². The maximum absolute atomic E-state index is 13.0. The number of nitrogens with one attached hydrogen (secondary N) is 1. The summed E-state index contributed by atoms with van der Waals surface area (Å²) in [5, 5.41) is 17.9. The summed E-state index contributed by atoms with van der Waals surface area (Å²) in [4.78, 5) is 16.2. The van der Waals surface area contributed by atoms with Gasteiger partial charge in [0.2, 0.25) is 5.91 Å². The molecule has 0 saturated heterocycles. The maximum Gasteiger partial charge on any atom is 0.416 e. The smallest absolute Gasteiger partial charge is 0.381 e. The maximum atomic E-state index is 13.0. The summed E-state index contributed by atoms with van der Waals surface area (Å²) in [6, 6.07) is 6.98. The fourth-order valence-corrected chi connectivity index (χ4v) is 3.32. The Labute approximate surface area is 195 Å². The molecule has 186 valence electrons. The minimum atomic E-state index is -4.56. The Morgan fingerprint density at radius 1 is 0.971 bits per heavy atom. The van der Waals surface area contributed by atoms with E-state index in [2.05, 4.69) is 15.4 Å². The van der Waals surface area contributed by atoms with E-state index in [1.165, 1.54) is 42.5 Å². The molecule has 6 nitrogen and oxygen atoms in total. The molecule has 0 spiro atoms. The summed E-state index contributed by atoms with van der Waals surface area (Å²) in [5.74, 6) is -0.679. The summed E-state index contributed by atoms with van der Waals surface area (Å²) in [5.41, 5.74) is -3.18. The van der Waals surface area contributed by atoms with Crippen molar-refractivity contribution in [3.63, 3.8) is 0 Å². The van der Waals surface area contributed by atoms with Crippen LogP contribution in [0.5, 0.6) is 0 Å². The first kappa shape index (κ1) is 25.9. The molecule has 12 heteroatoms. The normalized spacial score (nSPS) is 15.1. The fraction of sp³-hybridized carbons (Fsp3) is 0.261. The van der Waals surface area contributed by atoms with E-state index in [-0.39, 0.29) is 12.1 Å². The Hall–Kier alpha value is -3.67. The number of aromatic nitrogens is 3. The van der Waals surface area contributed by atoms with Gasteiger partial charge < -0.3 is 10.4 Å². The van der Waals surface area contributed by atoms with Gasteiger partial charge in [0.25, 0.3) is 0 Å². The van der Waals surface area contributed by atoms with Crippen LogP contribution in [0.15, 0.2) is 67.3 Å². The Morgan fingerprint density at radius 3 is 1.97 bits per heavy atom. The molecule has 2 aromatic carbocycles. The molecule has 1 amide bonds. The van der Waals surface area contributed by atoms with Crippen molar-refractivity contribution in [3.05, 3.63) is 89.5 Å². The first-order chi connectivity index (χ1) is 16.3. The third-order valence-corrected chi connectivity index (χ3v) is 5.32. The van der Waals surface area contributed by atoms with Crippen molar-refractivity contribution in [1.29, 1.82) is 0 Å². The number of halogens is 6. The van der Waals surface area contributed by atoms with Gasteiger partial charge in [0.15, 0.2) is 0 Å². The van der Waals surface area contributed by atoms with E-state index < -0.39 is 41.0 Å². The standard InChI is InChI=1S/C23H20F6N4O2/c1-15(32-20(34)11-4-16-2-5-18(6-3-16)22(24,25)26)21(35,12-33-14-30-13-31-33)17-7-9-19(10-8-17)23(27,28)29/h2-11,13-15,35H,12H2,1H3,(H,32,34)/t15-,21-/m1/s1. The fourth-order valence-electron chi connectivity index (χ4n) is 3.32. The van der Waals surface area contributed by atoms with Crippen LogP contribution in [0.25, 0.3) is 6.08 Å². The second-order valence-electron chi connectivity index (χ2n) is 7.78. The molecule has 0 aliphatic carbocycles.